The Hall–Kier alpha value is -0.420. The summed E-state index contributed by atoms with van der Waals surface area (Å²) in [5.74, 6) is -0.992. The number of rotatable bonds is 3. The Morgan fingerprint density at radius 1 is 1.73 bits per heavy atom. The van der Waals surface area contributed by atoms with Crippen molar-refractivity contribution in [1.29, 1.82) is 0 Å². The lowest BCUT2D eigenvalue weighted by Gasteiger charge is -2.06. The first-order valence-corrected chi connectivity index (χ1v) is 4.38. The van der Waals surface area contributed by atoms with E-state index in [2.05, 4.69) is 4.52 Å². The van der Waals surface area contributed by atoms with Gasteiger partial charge >= 0.3 is 13.8 Å². The number of phosphoric acid groups is 1. The fraction of sp³-hybridized carbons (Fsp3) is 0.750. The second-order valence-electron chi connectivity index (χ2n) is 2.14. The highest BCUT2D eigenvalue weighted by Gasteiger charge is 2.20. The molecule has 0 aliphatic carbocycles. The SMILES string of the molecule is C[C@@H](N)CC(=O)OP(=O)(O)O. The molecule has 7 heteroatoms. The van der Waals surface area contributed by atoms with Crippen LogP contribution in [0.4, 0.5) is 0 Å². The third-order valence-electron chi connectivity index (χ3n) is 0.709. The largest absolute Gasteiger partial charge is 0.526 e. The monoisotopic (exact) mass is 183 g/mol. The molecule has 0 saturated heterocycles. The molecule has 0 aliphatic rings. The minimum atomic E-state index is -4.68. The van der Waals surface area contributed by atoms with E-state index in [9.17, 15) is 9.36 Å². The maximum Gasteiger partial charge on any atom is 0.526 e. The molecule has 0 fully saturated rings. The number of carbonyl (C=O) groups excluding carboxylic acids is 1. The van der Waals surface area contributed by atoms with Crippen molar-refractivity contribution in [1.82, 2.24) is 0 Å². The number of carbonyl (C=O) groups is 1. The Morgan fingerprint density at radius 2 is 2.18 bits per heavy atom. The summed E-state index contributed by atoms with van der Waals surface area (Å²) in [7, 11) is -4.68. The van der Waals surface area contributed by atoms with Crippen LogP contribution in [-0.2, 0) is 13.9 Å². The highest BCUT2D eigenvalue weighted by molar-refractivity contribution is 7.46. The molecule has 0 aromatic rings. The van der Waals surface area contributed by atoms with Crippen molar-refractivity contribution >= 4 is 13.8 Å². The quantitative estimate of drug-likeness (QED) is 0.502. The van der Waals surface area contributed by atoms with Crippen molar-refractivity contribution < 1.29 is 23.7 Å². The highest BCUT2D eigenvalue weighted by atomic mass is 31.2. The van der Waals surface area contributed by atoms with Crippen molar-refractivity contribution in [3.05, 3.63) is 0 Å². The molecule has 0 spiro atoms. The number of phosphoric ester groups is 1. The Kier molecular flexibility index (Phi) is 3.68. The predicted molar refractivity (Wildman–Crippen MR) is 36.4 cm³/mol. The third kappa shape index (κ3) is 7.48. The molecule has 0 unspecified atom stereocenters. The average Bonchev–Trinajstić information content (AvgIpc) is 1.53. The summed E-state index contributed by atoms with van der Waals surface area (Å²) in [6, 6.07) is -0.464. The molecule has 0 amide bonds. The van der Waals surface area contributed by atoms with Gasteiger partial charge in [-0.1, -0.05) is 0 Å². The molecular weight excluding hydrogens is 173 g/mol. The average molecular weight is 183 g/mol. The third-order valence-corrected chi connectivity index (χ3v) is 1.15. The predicted octanol–water partition coefficient (Wildman–Crippen LogP) is -0.640. The van der Waals surface area contributed by atoms with Gasteiger partial charge in [-0.25, -0.2) is 4.57 Å². The summed E-state index contributed by atoms with van der Waals surface area (Å²) in [4.78, 5) is 26.7. The Labute approximate surface area is 63.6 Å². The van der Waals surface area contributed by atoms with E-state index in [1.807, 2.05) is 0 Å². The number of nitrogens with two attached hydrogens (primary N) is 1. The molecular formula is C4H10NO5P. The first-order chi connectivity index (χ1) is 4.81. The van der Waals surface area contributed by atoms with Crippen molar-refractivity contribution in [3.63, 3.8) is 0 Å². The summed E-state index contributed by atoms with van der Waals surface area (Å²) in [5, 5.41) is 0. The lowest BCUT2D eigenvalue weighted by atomic mass is 10.3. The summed E-state index contributed by atoms with van der Waals surface area (Å²) >= 11 is 0. The van der Waals surface area contributed by atoms with Gasteiger partial charge < -0.3 is 10.3 Å². The molecule has 66 valence electrons. The first kappa shape index (κ1) is 10.6. The van der Waals surface area contributed by atoms with Crippen LogP contribution in [0.1, 0.15) is 13.3 Å². The lowest BCUT2D eigenvalue weighted by molar-refractivity contribution is -0.135. The lowest BCUT2D eigenvalue weighted by Crippen LogP contribution is -2.20. The van der Waals surface area contributed by atoms with Crippen LogP contribution in [0.5, 0.6) is 0 Å². The van der Waals surface area contributed by atoms with E-state index in [1.165, 1.54) is 6.92 Å². The smallest absolute Gasteiger partial charge is 0.371 e. The van der Waals surface area contributed by atoms with Gasteiger partial charge in [-0.05, 0) is 6.92 Å². The molecule has 11 heavy (non-hydrogen) atoms. The Balaban J connectivity index is 3.80. The van der Waals surface area contributed by atoms with Crippen LogP contribution in [0.3, 0.4) is 0 Å². The normalized spacial score (nSPS) is 14.2. The fourth-order valence-corrected chi connectivity index (χ4v) is 0.773. The van der Waals surface area contributed by atoms with Crippen LogP contribution < -0.4 is 5.73 Å². The van der Waals surface area contributed by atoms with E-state index in [0.29, 0.717) is 0 Å². The van der Waals surface area contributed by atoms with Gasteiger partial charge in [0.25, 0.3) is 0 Å². The summed E-state index contributed by atoms with van der Waals surface area (Å²) < 4.78 is 13.7. The van der Waals surface area contributed by atoms with Gasteiger partial charge in [0.2, 0.25) is 0 Å². The van der Waals surface area contributed by atoms with Crippen LogP contribution in [0.2, 0.25) is 0 Å². The van der Waals surface area contributed by atoms with Crippen molar-refractivity contribution in [2.45, 2.75) is 19.4 Å². The molecule has 0 aliphatic heterocycles. The molecule has 0 aromatic heterocycles. The van der Waals surface area contributed by atoms with Crippen molar-refractivity contribution in [3.8, 4) is 0 Å². The molecule has 4 N–H and O–H groups in total. The zero-order valence-corrected chi connectivity index (χ0v) is 6.82. The van der Waals surface area contributed by atoms with Gasteiger partial charge in [-0.3, -0.25) is 14.6 Å². The zero-order valence-electron chi connectivity index (χ0n) is 5.93. The van der Waals surface area contributed by atoms with E-state index in [-0.39, 0.29) is 6.42 Å². The molecule has 0 rings (SSSR count). The van der Waals surface area contributed by atoms with Gasteiger partial charge in [0, 0.05) is 6.04 Å². The number of hydrogen-bond donors (Lipinski definition) is 3. The summed E-state index contributed by atoms with van der Waals surface area (Å²) in [6.45, 7) is 1.53. The van der Waals surface area contributed by atoms with Gasteiger partial charge in [0.15, 0.2) is 0 Å². The molecule has 0 saturated carbocycles. The molecule has 0 bridgehead atoms. The molecule has 1 atom stereocenters. The van der Waals surface area contributed by atoms with Crippen LogP contribution in [-0.4, -0.2) is 21.8 Å². The van der Waals surface area contributed by atoms with Gasteiger partial charge in [-0.2, -0.15) is 0 Å². The van der Waals surface area contributed by atoms with E-state index in [0.717, 1.165) is 0 Å². The van der Waals surface area contributed by atoms with E-state index in [4.69, 9.17) is 15.5 Å². The molecule has 6 nitrogen and oxygen atoms in total. The topological polar surface area (TPSA) is 110 Å². The summed E-state index contributed by atoms with van der Waals surface area (Å²) in [5.41, 5.74) is 5.16. The fourth-order valence-electron chi connectivity index (χ4n) is 0.433. The second-order valence-corrected chi connectivity index (χ2v) is 3.30. The van der Waals surface area contributed by atoms with Crippen molar-refractivity contribution in [2.24, 2.45) is 5.73 Å². The van der Waals surface area contributed by atoms with E-state index < -0.39 is 19.8 Å². The highest BCUT2D eigenvalue weighted by Crippen LogP contribution is 2.36. The Morgan fingerprint density at radius 3 is 2.45 bits per heavy atom. The van der Waals surface area contributed by atoms with Gasteiger partial charge in [0.05, 0.1) is 6.42 Å². The van der Waals surface area contributed by atoms with Crippen LogP contribution >= 0.6 is 7.82 Å². The van der Waals surface area contributed by atoms with Crippen LogP contribution in [0.25, 0.3) is 0 Å². The van der Waals surface area contributed by atoms with Crippen molar-refractivity contribution in [2.75, 3.05) is 0 Å². The number of hydrogen-bond acceptors (Lipinski definition) is 4. The second kappa shape index (κ2) is 3.82. The molecule has 0 radical (unpaired) electrons. The Bertz CT molecular complexity index is 185. The standard InChI is InChI=1S/C4H10NO5P/c1-3(5)2-4(6)10-11(7,8)9/h3H,2,5H2,1H3,(H2,7,8,9)/t3-/m1/s1. The van der Waals surface area contributed by atoms with Gasteiger partial charge in [-0.15, -0.1) is 0 Å². The van der Waals surface area contributed by atoms with Crippen LogP contribution in [0, 0.1) is 0 Å². The first-order valence-electron chi connectivity index (χ1n) is 2.85. The maximum atomic E-state index is 10.5. The van der Waals surface area contributed by atoms with Gasteiger partial charge in [0.1, 0.15) is 0 Å². The van der Waals surface area contributed by atoms with E-state index >= 15 is 0 Å². The minimum absolute atomic E-state index is 0.203. The molecule has 0 heterocycles. The minimum Gasteiger partial charge on any atom is -0.371 e. The zero-order chi connectivity index (χ0) is 9.07. The summed E-state index contributed by atoms with van der Waals surface area (Å²) in [6.07, 6.45) is -0.203. The van der Waals surface area contributed by atoms with Crippen LogP contribution in [0.15, 0.2) is 0 Å². The van der Waals surface area contributed by atoms with E-state index in [1.54, 1.807) is 0 Å². The molecule has 0 aromatic carbocycles. The maximum absolute atomic E-state index is 10.5.